The van der Waals surface area contributed by atoms with Gasteiger partial charge in [0.2, 0.25) is 6.79 Å². The lowest BCUT2D eigenvalue weighted by molar-refractivity contribution is -0.137. The highest BCUT2D eigenvalue weighted by Gasteiger charge is 2.23. The van der Waals surface area contributed by atoms with Crippen molar-refractivity contribution in [2.24, 2.45) is 0 Å². The molecule has 1 atom stereocenters. The third-order valence-corrected chi connectivity index (χ3v) is 3.79. The first-order valence-electron chi connectivity index (χ1n) is 6.82. The Hall–Kier alpha value is -2.43. The molecule has 0 spiro atoms. The summed E-state index contributed by atoms with van der Waals surface area (Å²) >= 11 is 0. The number of carbonyl (C=O) groups is 1. The quantitative estimate of drug-likeness (QED) is 0.939. The van der Waals surface area contributed by atoms with Crippen LogP contribution >= 0.6 is 0 Å². The Balaban J connectivity index is 2.06. The fourth-order valence-corrected chi connectivity index (χ4v) is 2.82. The predicted octanol–water partition coefficient (Wildman–Crippen LogP) is 2.90. The van der Waals surface area contributed by atoms with Crippen molar-refractivity contribution in [1.82, 2.24) is 4.57 Å². The number of rotatable bonds is 4. The van der Waals surface area contributed by atoms with Crippen LogP contribution in [0.3, 0.4) is 0 Å². The number of carboxylic acids is 1. The summed E-state index contributed by atoms with van der Waals surface area (Å²) in [5.74, 6) is 0.546. The van der Waals surface area contributed by atoms with Gasteiger partial charge in [-0.15, -0.1) is 0 Å². The molecule has 21 heavy (non-hydrogen) atoms. The van der Waals surface area contributed by atoms with Crippen LogP contribution in [0, 0.1) is 13.8 Å². The van der Waals surface area contributed by atoms with Gasteiger partial charge in [0.15, 0.2) is 11.5 Å². The Labute approximate surface area is 122 Å². The maximum absolute atomic E-state index is 11.3. The number of fused-ring (bicyclic) bond motifs is 1. The Morgan fingerprint density at radius 3 is 2.52 bits per heavy atom. The van der Waals surface area contributed by atoms with Crippen LogP contribution in [0.15, 0.2) is 30.3 Å². The van der Waals surface area contributed by atoms with Gasteiger partial charge in [0.25, 0.3) is 0 Å². The normalized spacial score (nSPS) is 14.2. The lowest BCUT2D eigenvalue weighted by Gasteiger charge is -2.22. The van der Waals surface area contributed by atoms with Crippen molar-refractivity contribution in [3.05, 3.63) is 47.3 Å². The highest BCUT2D eigenvalue weighted by atomic mass is 16.7. The number of aryl methyl sites for hydroxylation is 2. The van der Waals surface area contributed by atoms with Crippen molar-refractivity contribution in [3.8, 4) is 11.5 Å². The van der Waals surface area contributed by atoms with Crippen LogP contribution in [0.5, 0.6) is 11.5 Å². The minimum absolute atomic E-state index is 0.0238. The van der Waals surface area contributed by atoms with Crippen LogP contribution in [-0.4, -0.2) is 22.4 Å². The highest BCUT2D eigenvalue weighted by Crippen LogP contribution is 2.36. The number of benzene rings is 1. The number of hydrogen-bond donors (Lipinski definition) is 1. The summed E-state index contributed by atoms with van der Waals surface area (Å²) in [6.45, 7) is 4.17. The van der Waals surface area contributed by atoms with Crippen LogP contribution in [0.2, 0.25) is 0 Å². The largest absolute Gasteiger partial charge is 0.481 e. The molecule has 0 fully saturated rings. The fourth-order valence-electron chi connectivity index (χ4n) is 2.82. The molecule has 1 N–H and O–H groups in total. The van der Waals surface area contributed by atoms with Crippen LogP contribution in [0.4, 0.5) is 0 Å². The molecule has 0 bridgehead atoms. The third kappa shape index (κ3) is 2.46. The zero-order chi connectivity index (χ0) is 15.0. The summed E-state index contributed by atoms with van der Waals surface area (Å²) in [6, 6.07) is 9.34. The van der Waals surface area contributed by atoms with Gasteiger partial charge >= 0.3 is 5.97 Å². The molecule has 0 saturated heterocycles. The molecule has 2 aromatic rings. The molecule has 1 aliphatic heterocycles. The Kier molecular flexibility index (Phi) is 3.33. The number of aromatic nitrogens is 1. The van der Waals surface area contributed by atoms with E-state index < -0.39 is 5.97 Å². The Morgan fingerprint density at radius 1 is 1.19 bits per heavy atom. The van der Waals surface area contributed by atoms with Gasteiger partial charge in [-0.25, -0.2) is 0 Å². The number of nitrogens with zero attached hydrogens (tertiary/aromatic N) is 1. The van der Waals surface area contributed by atoms with Crippen LogP contribution in [0.1, 0.15) is 29.4 Å². The smallest absolute Gasteiger partial charge is 0.305 e. The van der Waals surface area contributed by atoms with Gasteiger partial charge in [0, 0.05) is 11.4 Å². The van der Waals surface area contributed by atoms with Gasteiger partial charge in [-0.1, -0.05) is 6.07 Å². The Morgan fingerprint density at radius 2 is 1.86 bits per heavy atom. The molecule has 2 heterocycles. The fraction of sp³-hybridized carbons (Fsp3) is 0.312. The first-order chi connectivity index (χ1) is 10.1. The maximum Gasteiger partial charge on any atom is 0.305 e. The van der Waals surface area contributed by atoms with E-state index in [0.29, 0.717) is 11.5 Å². The van der Waals surface area contributed by atoms with Crippen molar-refractivity contribution in [2.45, 2.75) is 26.3 Å². The van der Waals surface area contributed by atoms with Gasteiger partial charge < -0.3 is 19.1 Å². The molecule has 0 aliphatic carbocycles. The highest BCUT2D eigenvalue weighted by molar-refractivity contribution is 5.68. The second kappa shape index (κ2) is 5.16. The number of aliphatic carboxylic acids is 1. The summed E-state index contributed by atoms with van der Waals surface area (Å²) in [6.07, 6.45) is 0.0238. The summed E-state index contributed by atoms with van der Waals surface area (Å²) < 4.78 is 12.7. The van der Waals surface area contributed by atoms with Crippen molar-refractivity contribution in [3.63, 3.8) is 0 Å². The molecule has 1 aromatic carbocycles. The van der Waals surface area contributed by atoms with E-state index in [0.717, 1.165) is 17.0 Å². The van der Waals surface area contributed by atoms with E-state index in [1.54, 1.807) is 0 Å². The minimum Gasteiger partial charge on any atom is -0.481 e. The second-order valence-corrected chi connectivity index (χ2v) is 5.21. The molecule has 1 aromatic heterocycles. The van der Waals surface area contributed by atoms with Crippen LogP contribution < -0.4 is 9.47 Å². The van der Waals surface area contributed by atoms with Crippen molar-refractivity contribution in [2.75, 3.05) is 6.79 Å². The van der Waals surface area contributed by atoms with Crippen molar-refractivity contribution >= 4 is 5.97 Å². The van der Waals surface area contributed by atoms with E-state index in [1.165, 1.54) is 0 Å². The molecule has 0 saturated carbocycles. The third-order valence-electron chi connectivity index (χ3n) is 3.79. The summed E-state index contributed by atoms with van der Waals surface area (Å²) in [4.78, 5) is 11.3. The molecule has 3 rings (SSSR count). The van der Waals surface area contributed by atoms with Gasteiger partial charge in [-0.2, -0.15) is 0 Å². The molecule has 5 nitrogen and oxygen atoms in total. The lowest BCUT2D eigenvalue weighted by Crippen LogP contribution is -2.17. The molecule has 0 amide bonds. The average molecular weight is 287 g/mol. The van der Waals surface area contributed by atoms with E-state index in [9.17, 15) is 9.90 Å². The molecular weight excluding hydrogens is 270 g/mol. The molecule has 5 heteroatoms. The topological polar surface area (TPSA) is 60.7 Å². The van der Waals surface area contributed by atoms with Gasteiger partial charge in [0.1, 0.15) is 0 Å². The van der Waals surface area contributed by atoms with Crippen molar-refractivity contribution < 1.29 is 19.4 Å². The Bertz CT molecular complexity index is 670. The average Bonchev–Trinajstić information content (AvgIpc) is 3.02. The summed E-state index contributed by atoms with van der Waals surface area (Å²) in [7, 11) is 0. The first-order valence-corrected chi connectivity index (χ1v) is 6.82. The van der Waals surface area contributed by atoms with Gasteiger partial charge in [0.05, 0.1) is 12.5 Å². The standard InChI is InChI=1S/C16H17NO4/c1-10-3-4-11(2)17(10)13(8-16(18)19)12-5-6-14-15(7-12)21-9-20-14/h3-7,13H,8-9H2,1-2H3,(H,18,19)/t13-/m0/s1. The SMILES string of the molecule is Cc1ccc(C)n1[C@@H](CC(=O)O)c1ccc2c(c1)OCO2. The lowest BCUT2D eigenvalue weighted by atomic mass is 10.0. The van der Waals surface area contributed by atoms with E-state index in [2.05, 4.69) is 0 Å². The van der Waals surface area contributed by atoms with E-state index >= 15 is 0 Å². The van der Waals surface area contributed by atoms with Gasteiger partial charge in [-0.05, 0) is 43.7 Å². The summed E-state index contributed by atoms with van der Waals surface area (Å²) in [5.41, 5.74) is 2.98. The zero-order valence-electron chi connectivity index (χ0n) is 12.0. The predicted molar refractivity (Wildman–Crippen MR) is 76.9 cm³/mol. The van der Waals surface area contributed by atoms with Crippen molar-refractivity contribution in [1.29, 1.82) is 0 Å². The maximum atomic E-state index is 11.3. The molecule has 1 aliphatic rings. The zero-order valence-corrected chi connectivity index (χ0v) is 12.0. The summed E-state index contributed by atoms with van der Waals surface area (Å²) in [5, 5.41) is 9.25. The second-order valence-electron chi connectivity index (χ2n) is 5.21. The van der Waals surface area contributed by atoms with Gasteiger partial charge in [-0.3, -0.25) is 4.79 Å². The minimum atomic E-state index is -0.829. The first kappa shape index (κ1) is 13.5. The number of ether oxygens (including phenoxy) is 2. The molecule has 110 valence electrons. The molecule has 0 radical (unpaired) electrons. The number of carboxylic acid groups (broad SMARTS) is 1. The molecular formula is C16H17NO4. The monoisotopic (exact) mass is 287 g/mol. The number of hydrogen-bond acceptors (Lipinski definition) is 3. The van der Waals surface area contributed by atoms with E-state index in [4.69, 9.17) is 9.47 Å². The van der Waals surface area contributed by atoms with E-state index in [-0.39, 0.29) is 19.3 Å². The van der Waals surface area contributed by atoms with E-state index in [1.807, 2.05) is 48.7 Å². The van der Waals surface area contributed by atoms with Crippen LogP contribution in [-0.2, 0) is 4.79 Å². The van der Waals surface area contributed by atoms with Crippen LogP contribution in [0.25, 0.3) is 0 Å². The molecule has 0 unspecified atom stereocenters.